The number of aliphatic hydroxyl groups excluding tert-OH is 1. The molecule has 0 aromatic carbocycles. The number of nitrogens with zero attached hydrogens (tertiary/aromatic N) is 3. The molecule has 0 aliphatic carbocycles. The molecule has 1 rings (SSSR count). The van der Waals surface area contributed by atoms with Gasteiger partial charge in [-0.3, -0.25) is 5.10 Å². The molecule has 1 unspecified atom stereocenters. The van der Waals surface area contributed by atoms with Crippen LogP contribution in [0.25, 0.3) is 0 Å². The van der Waals surface area contributed by atoms with Crippen molar-refractivity contribution < 1.29 is 5.11 Å². The van der Waals surface area contributed by atoms with Crippen molar-refractivity contribution in [2.75, 3.05) is 0 Å². The van der Waals surface area contributed by atoms with Crippen molar-refractivity contribution in [2.45, 2.75) is 6.23 Å². The van der Waals surface area contributed by atoms with Crippen molar-refractivity contribution in [3.8, 4) is 0 Å². The molecule has 1 atom stereocenters. The van der Waals surface area contributed by atoms with Crippen LogP contribution in [-0.4, -0.2) is 25.3 Å². The lowest BCUT2D eigenvalue weighted by Crippen LogP contribution is -2.08. The number of tetrazole rings is 1. The molecule has 1 aromatic rings. The first-order valence-corrected chi connectivity index (χ1v) is 2.97. The van der Waals surface area contributed by atoms with Crippen LogP contribution in [0, 0.1) is 4.77 Å². The first-order valence-electron chi connectivity index (χ1n) is 2.56. The third-order valence-electron chi connectivity index (χ3n) is 0.903. The Morgan fingerprint density at radius 2 is 2.60 bits per heavy atom. The molecule has 0 aliphatic heterocycles. The predicted molar refractivity (Wildman–Crippen MR) is 36.7 cm³/mol. The van der Waals surface area contributed by atoms with E-state index in [4.69, 9.17) is 5.11 Å². The van der Waals surface area contributed by atoms with E-state index in [0.29, 0.717) is 0 Å². The molecule has 1 heterocycles. The molecular weight excluding hydrogens is 152 g/mol. The second-order valence-electron chi connectivity index (χ2n) is 1.60. The SMILES string of the molecule is C=CC(O)n1nnc(=S)[nH]1. The molecule has 1 aromatic heterocycles. The van der Waals surface area contributed by atoms with Gasteiger partial charge in [-0.25, -0.2) is 0 Å². The standard InChI is InChI=1S/C4H6N4OS/c1-2-3(9)8-6-4(10)5-7-8/h2-3,9H,1H2,(H,6,10). The molecule has 0 bridgehead atoms. The van der Waals surface area contributed by atoms with Crippen LogP contribution in [0.2, 0.25) is 0 Å². The lowest BCUT2D eigenvalue weighted by molar-refractivity contribution is 0.122. The van der Waals surface area contributed by atoms with Crippen LogP contribution in [0.1, 0.15) is 6.23 Å². The molecule has 0 aliphatic rings. The van der Waals surface area contributed by atoms with Gasteiger partial charge in [-0.15, -0.1) is 0 Å². The Kier molecular flexibility index (Phi) is 1.93. The van der Waals surface area contributed by atoms with Crippen molar-refractivity contribution in [1.82, 2.24) is 20.2 Å². The second kappa shape index (κ2) is 2.72. The van der Waals surface area contributed by atoms with E-state index < -0.39 is 6.23 Å². The van der Waals surface area contributed by atoms with E-state index in [1.165, 1.54) is 6.08 Å². The van der Waals surface area contributed by atoms with E-state index >= 15 is 0 Å². The van der Waals surface area contributed by atoms with Gasteiger partial charge in [0.15, 0.2) is 6.23 Å². The van der Waals surface area contributed by atoms with E-state index in [-0.39, 0.29) is 4.77 Å². The van der Waals surface area contributed by atoms with E-state index in [0.717, 1.165) is 4.80 Å². The molecule has 6 heteroatoms. The maximum atomic E-state index is 9.01. The van der Waals surface area contributed by atoms with Crippen molar-refractivity contribution in [3.63, 3.8) is 0 Å². The van der Waals surface area contributed by atoms with Crippen LogP contribution in [0.15, 0.2) is 12.7 Å². The lowest BCUT2D eigenvalue weighted by Gasteiger charge is -2.00. The predicted octanol–water partition coefficient (Wildman–Crippen LogP) is 0.0126. The van der Waals surface area contributed by atoms with Gasteiger partial charge in [0.1, 0.15) is 0 Å². The first-order chi connectivity index (χ1) is 4.74. The summed E-state index contributed by atoms with van der Waals surface area (Å²) in [7, 11) is 0. The first kappa shape index (κ1) is 7.10. The average molecular weight is 158 g/mol. The van der Waals surface area contributed by atoms with Gasteiger partial charge in [0.2, 0.25) is 4.77 Å². The zero-order chi connectivity index (χ0) is 7.56. The van der Waals surface area contributed by atoms with Gasteiger partial charge >= 0.3 is 0 Å². The van der Waals surface area contributed by atoms with Gasteiger partial charge in [0, 0.05) is 0 Å². The minimum absolute atomic E-state index is 0.237. The highest BCUT2D eigenvalue weighted by Gasteiger charge is 2.00. The average Bonchev–Trinajstić information content (AvgIpc) is 2.34. The number of aromatic amines is 1. The molecule has 0 saturated heterocycles. The molecular formula is C4H6N4OS. The Morgan fingerprint density at radius 1 is 1.90 bits per heavy atom. The molecule has 2 N–H and O–H groups in total. The second-order valence-corrected chi connectivity index (χ2v) is 1.99. The number of H-pyrrole nitrogens is 1. The fourth-order valence-electron chi connectivity index (χ4n) is 0.450. The Morgan fingerprint density at radius 3 is 3.00 bits per heavy atom. The molecule has 54 valence electrons. The molecule has 0 spiro atoms. The molecule has 5 nitrogen and oxygen atoms in total. The van der Waals surface area contributed by atoms with Crippen LogP contribution in [0.4, 0.5) is 0 Å². The van der Waals surface area contributed by atoms with Gasteiger partial charge in [-0.1, -0.05) is 11.7 Å². The quantitative estimate of drug-likeness (QED) is 0.470. The largest absolute Gasteiger partial charge is 0.367 e. The number of rotatable bonds is 2. The fourth-order valence-corrected chi connectivity index (χ4v) is 0.580. The monoisotopic (exact) mass is 158 g/mol. The fraction of sp³-hybridized carbons (Fsp3) is 0.250. The van der Waals surface area contributed by atoms with Gasteiger partial charge in [0.05, 0.1) is 0 Å². The highest BCUT2D eigenvalue weighted by Crippen LogP contribution is 1.94. The summed E-state index contributed by atoms with van der Waals surface area (Å²) in [6.07, 6.45) is 0.421. The molecule has 0 saturated carbocycles. The van der Waals surface area contributed by atoms with Gasteiger partial charge in [-0.2, -0.15) is 4.80 Å². The zero-order valence-corrected chi connectivity index (χ0v) is 5.88. The Labute approximate surface area is 62.0 Å². The maximum Gasteiger partial charge on any atom is 0.235 e. The number of hydrogen-bond acceptors (Lipinski definition) is 4. The van der Waals surface area contributed by atoms with Crippen molar-refractivity contribution in [3.05, 3.63) is 17.4 Å². The van der Waals surface area contributed by atoms with E-state index in [1.54, 1.807) is 0 Å². The number of hydrogen-bond donors (Lipinski definition) is 2. The molecule has 0 amide bonds. The van der Waals surface area contributed by atoms with E-state index in [1.807, 2.05) is 0 Å². The Hall–Kier alpha value is -1.01. The van der Waals surface area contributed by atoms with Gasteiger partial charge in [-0.05, 0) is 23.5 Å². The summed E-state index contributed by atoms with van der Waals surface area (Å²) in [5.74, 6) is 0. The van der Waals surface area contributed by atoms with Crippen LogP contribution < -0.4 is 0 Å². The van der Waals surface area contributed by atoms with Gasteiger partial charge in [0.25, 0.3) is 0 Å². The van der Waals surface area contributed by atoms with Gasteiger partial charge < -0.3 is 5.11 Å². The normalized spacial score (nSPS) is 12.9. The van der Waals surface area contributed by atoms with E-state index in [9.17, 15) is 0 Å². The minimum Gasteiger partial charge on any atom is -0.367 e. The number of nitrogens with one attached hydrogen (secondary N) is 1. The highest BCUT2D eigenvalue weighted by atomic mass is 32.1. The smallest absolute Gasteiger partial charge is 0.235 e. The zero-order valence-electron chi connectivity index (χ0n) is 5.06. The summed E-state index contributed by atoms with van der Waals surface area (Å²) >= 11 is 4.60. The molecule has 0 radical (unpaired) electrons. The molecule has 0 fully saturated rings. The summed E-state index contributed by atoms with van der Waals surface area (Å²) < 4.78 is 0.237. The minimum atomic E-state index is -0.885. The van der Waals surface area contributed by atoms with E-state index in [2.05, 4.69) is 34.2 Å². The third kappa shape index (κ3) is 1.28. The third-order valence-corrected chi connectivity index (χ3v) is 1.08. The summed E-state index contributed by atoms with van der Waals surface area (Å²) in [6, 6.07) is 0. The van der Waals surface area contributed by atoms with Crippen LogP contribution >= 0.6 is 12.2 Å². The topological polar surface area (TPSA) is 66.7 Å². The summed E-state index contributed by atoms with van der Waals surface area (Å²) in [5, 5.41) is 18.4. The molecule has 10 heavy (non-hydrogen) atoms. The number of aliphatic hydroxyl groups is 1. The van der Waals surface area contributed by atoms with Crippen LogP contribution in [0.5, 0.6) is 0 Å². The highest BCUT2D eigenvalue weighted by molar-refractivity contribution is 7.71. The maximum absolute atomic E-state index is 9.01. The number of aromatic nitrogens is 4. The van der Waals surface area contributed by atoms with Crippen molar-refractivity contribution in [2.24, 2.45) is 0 Å². The van der Waals surface area contributed by atoms with Crippen LogP contribution in [0.3, 0.4) is 0 Å². The summed E-state index contributed by atoms with van der Waals surface area (Å²) in [5.41, 5.74) is 0. The van der Waals surface area contributed by atoms with Crippen molar-refractivity contribution >= 4 is 12.2 Å². The summed E-state index contributed by atoms with van der Waals surface area (Å²) in [4.78, 5) is 1.11. The van der Waals surface area contributed by atoms with Crippen LogP contribution in [-0.2, 0) is 0 Å². The lowest BCUT2D eigenvalue weighted by atomic mass is 10.6. The van der Waals surface area contributed by atoms with Crippen molar-refractivity contribution in [1.29, 1.82) is 0 Å². The Balaban J connectivity index is 2.94. The Bertz CT molecular complexity index is 277. The summed E-state index contributed by atoms with van der Waals surface area (Å²) in [6.45, 7) is 3.35.